The van der Waals surface area contributed by atoms with Crippen LogP contribution in [0.1, 0.15) is 48.3 Å². The Kier molecular flexibility index (Phi) is 7.78. The van der Waals surface area contributed by atoms with Gasteiger partial charge in [-0.3, -0.25) is 9.48 Å². The number of hydrogen-bond acceptors (Lipinski definition) is 5. The average molecular weight is 608 g/mol. The zero-order chi connectivity index (χ0) is 30.4. The van der Waals surface area contributed by atoms with Crippen molar-refractivity contribution >= 4 is 33.4 Å². The van der Waals surface area contributed by atoms with Crippen LogP contribution in [0.15, 0.2) is 66.6 Å². The van der Waals surface area contributed by atoms with Gasteiger partial charge in [0.15, 0.2) is 0 Å². The van der Waals surface area contributed by atoms with Crippen LogP contribution in [0, 0.1) is 0 Å². The lowest BCUT2D eigenvalue weighted by molar-refractivity contribution is -0.129. The van der Waals surface area contributed by atoms with Crippen molar-refractivity contribution in [1.82, 2.24) is 25.0 Å². The van der Waals surface area contributed by atoms with Crippen LogP contribution in [0.25, 0.3) is 38.8 Å². The van der Waals surface area contributed by atoms with Gasteiger partial charge in [0, 0.05) is 40.4 Å². The number of halogens is 4. The molecule has 1 amide bonds. The van der Waals surface area contributed by atoms with Gasteiger partial charge in [-0.15, -0.1) is 11.3 Å². The van der Waals surface area contributed by atoms with Gasteiger partial charge in [-0.1, -0.05) is 18.7 Å². The lowest BCUT2D eigenvalue weighted by atomic mass is 9.92. The minimum Gasteiger partial charge on any atom is -0.329 e. The summed E-state index contributed by atoms with van der Waals surface area (Å²) in [5.41, 5.74) is 5.34. The number of alkyl halides is 2. The van der Waals surface area contributed by atoms with Crippen LogP contribution in [-0.4, -0.2) is 44.6 Å². The molecular formula is C32H29F4N5OS. The molecule has 6 rings (SSSR count). The normalized spacial score (nSPS) is 20.6. The number of carbonyl (C=O) groups excluding carboxylic acids is 1. The first-order chi connectivity index (χ1) is 20.7. The summed E-state index contributed by atoms with van der Waals surface area (Å²) in [7, 11) is 0. The van der Waals surface area contributed by atoms with E-state index in [4.69, 9.17) is 10.1 Å². The number of rotatable bonds is 6. The fraction of sp³-hybridized carbons (Fsp3) is 0.281. The number of benzene rings is 1. The molecule has 6 nitrogen and oxygen atoms in total. The van der Waals surface area contributed by atoms with Gasteiger partial charge in [0.25, 0.3) is 6.43 Å². The highest BCUT2D eigenvalue weighted by Crippen LogP contribution is 2.41. The Morgan fingerprint density at radius 1 is 1.19 bits per heavy atom. The predicted molar refractivity (Wildman–Crippen MR) is 161 cm³/mol. The molecular weight excluding hydrogens is 578 g/mol. The maximum Gasteiger partial charge on any atom is 0.254 e. The molecule has 3 aromatic heterocycles. The smallest absolute Gasteiger partial charge is 0.254 e. The van der Waals surface area contributed by atoms with Crippen molar-refractivity contribution in [2.45, 2.75) is 51.4 Å². The second kappa shape index (κ2) is 11.5. The zero-order valence-electron chi connectivity index (χ0n) is 23.5. The van der Waals surface area contributed by atoms with E-state index >= 15 is 0 Å². The third-order valence-corrected chi connectivity index (χ3v) is 9.11. The molecule has 2 aliphatic heterocycles. The van der Waals surface area contributed by atoms with Crippen LogP contribution in [0.3, 0.4) is 0 Å². The quantitative estimate of drug-likeness (QED) is 0.140. The maximum atomic E-state index is 14.8. The van der Waals surface area contributed by atoms with E-state index in [1.54, 1.807) is 4.90 Å². The zero-order valence-corrected chi connectivity index (χ0v) is 24.3. The summed E-state index contributed by atoms with van der Waals surface area (Å²) in [6.07, 6.45) is 1.20. The topological polar surface area (TPSA) is 63.1 Å². The first-order valence-corrected chi connectivity index (χ1v) is 14.8. The van der Waals surface area contributed by atoms with Crippen molar-refractivity contribution in [1.29, 1.82) is 0 Å². The molecule has 5 heterocycles. The molecule has 0 saturated carbocycles. The highest BCUT2D eigenvalue weighted by atomic mass is 32.1. The molecule has 0 bridgehead atoms. The number of nitrogens with one attached hydrogen (secondary N) is 1. The average Bonchev–Trinajstić information content (AvgIpc) is 3.67. The molecule has 1 aromatic carbocycles. The third-order valence-electron chi connectivity index (χ3n) is 8.17. The molecule has 0 saturated heterocycles. The number of hydrogen-bond donors (Lipinski definition) is 1. The van der Waals surface area contributed by atoms with E-state index in [9.17, 15) is 22.4 Å². The molecule has 0 fully saturated rings. The van der Waals surface area contributed by atoms with Crippen molar-refractivity contribution in [3.63, 3.8) is 0 Å². The number of nitrogens with zero attached hydrogens (tertiary/aromatic N) is 4. The molecule has 0 spiro atoms. The lowest BCUT2D eigenvalue weighted by Gasteiger charge is -2.36. The summed E-state index contributed by atoms with van der Waals surface area (Å²) in [6, 6.07) is 8.14. The number of carbonyl (C=O) groups is 1. The maximum absolute atomic E-state index is 14.8. The number of amides is 1. The molecule has 0 unspecified atom stereocenters. The fourth-order valence-corrected chi connectivity index (χ4v) is 6.89. The van der Waals surface area contributed by atoms with E-state index < -0.39 is 18.3 Å². The van der Waals surface area contributed by atoms with E-state index in [2.05, 4.69) is 11.9 Å². The highest BCUT2D eigenvalue weighted by molar-refractivity contribution is 7.17. The van der Waals surface area contributed by atoms with Crippen LogP contribution in [0.2, 0.25) is 0 Å². The molecule has 222 valence electrons. The number of fused-ring (bicyclic) bond motifs is 3. The van der Waals surface area contributed by atoms with E-state index in [-0.39, 0.29) is 30.7 Å². The Hall–Kier alpha value is -4.09. The number of aromatic nitrogens is 3. The summed E-state index contributed by atoms with van der Waals surface area (Å²) in [5, 5.41) is 10.5. The largest absolute Gasteiger partial charge is 0.329 e. The van der Waals surface area contributed by atoms with Gasteiger partial charge in [0.1, 0.15) is 17.2 Å². The highest BCUT2D eigenvalue weighted by Gasteiger charge is 2.33. The van der Waals surface area contributed by atoms with Crippen LogP contribution in [0.5, 0.6) is 0 Å². The minimum atomic E-state index is -2.45. The summed E-state index contributed by atoms with van der Waals surface area (Å²) in [5.74, 6) is -0.964. The standard InChI is InChI=1S/C32H29F4N5OS/c1-4-28(42)40-16-17(2)41-27(18(40)3)14-25(39-41)30-24(13-22(34)7-9-33)31-23(8-10-43-31)29(38-30)20-6-5-19-12-26(32(35)36)37-15-21(19)11-20/h4-11,13-14,17-18,26,32,37H,1,12,15-16H2,2-3H3/b9-7+,22-13?/t17-,18+,26-/m0/s1. The Bertz CT molecular complexity index is 1790. The van der Waals surface area contributed by atoms with Crippen LogP contribution >= 0.6 is 11.3 Å². The van der Waals surface area contributed by atoms with Crippen molar-refractivity contribution in [2.24, 2.45) is 0 Å². The van der Waals surface area contributed by atoms with Crippen molar-refractivity contribution in [2.75, 3.05) is 6.54 Å². The molecule has 1 N–H and O–H groups in total. The summed E-state index contributed by atoms with van der Waals surface area (Å²) in [6.45, 7) is 8.26. The van der Waals surface area contributed by atoms with E-state index in [0.29, 0.717) is 35.7 Å². The van der Waals surface area contributed by atoms with E-state index in [0.717, 1.165) is 38.5 Å². The third kappa shape index (κ3) is 5.21. The van der Waals surface area contributed by atoms with Gasteiger partial charge in [0.05, 0.1) is 35.8 Å². The molecule has 43 heavy (non-hydrogen) atoms. The van der Waals surface area contributed by atoms with Crippen molar-refractivity contribution in [3.8, 4) is 22.6 Å². The van der Waals surface area contributed by atoms with Gasteiger partial charge < -0.3 is 10.2 Å². The van der Waals surface area contributed by atoms with Gasteiger partial charge in [-0.25, -0.2) is 22.5 Å². The summed E-state index contributed by atoms with van der Waals surface area (Å²) < 4.78 is 57.0. The fourth-order valence-electron chi connectivity index (χ4n) is 5.97. The molecule has 11 heteroatoms. The number of thiophene rings is 1. The van der Waals surface area contributed by atoms with Gasteiger partial charge in [-0.05, 0) is 67.1 Å². The van der Waals surface area contributed by atoms with Crippen LogP contribution < -0.4 is 5.32 Å². The second-order valence-electron chi connectivity index (χ2n) is 10.8. The number of allylic oxidation sites excluding steroid dienone is 2. The Morgan fingerprint density at radius 3 is 2.74 bits per heavy atom. The van der Waals surface area contributed by atoms with Crippen molar-refractivity contribution in [3.05, 3.63) is 89.0 Å². The molecule has 3 atom stereocenters. The Balaban J connectivity index is 1.53. The monoisotopic (exact) mass is 607 g/mol. The van der Waals surface area contributed by atoms with Crippen molar-refractivity contribution < 1.29 is 22.4 Å². The van der Waals surface area contributed by atoms with Gasteiger partial charge in [0.2, 0.25) is 5.91 Å². The van der Waals surface area contributed by atoms with Crippen LogP contribution in [-0.2, 0) is 17.8 Å². The Morgan fingerprint density at radius 2 is 2.00 bits per heavy atom. The lowest BCUT2D eigenvalue weighted by Crippen LogP contribution is -2.42. The molecule has 0 aliphatic carbocycles. The van der Waals surface area contributed by atoms with Crippen LogP contribution in [0.4, 0.5) is 17.6 Å². The second-order valence-corrected chi connectivity index (χ2v) is 11.8. The molecule has 2 aliphatic rings. The minimum absolute atomic E-state index is 0.135. The first-order valence-electron chi connectivity index (χ1n) is 13.9. The van der Waals surface area contributed by atoms with E-state index in [1.165, 1.54) is 23.5 Å². The molecule has 4 aromatic rings. The summed E-state index contributed by atoms with van der Waals surface area (Å²) >= 11 is 1.40. The predicted octanol–water partition coefficient (Wildman–Crippen LogP) is 7.55. The Labute approximate surface area is 250 Å². The number of pyridine rings is 1. The molecule has 0 radical (unpaired) electrons. The van der Waals surface area contributed by atoms with Gasteiger partial charge in [-0.2, -0.15) is 5.10 Å². The van der Waals surface area contributed by atoms with Gasteiger partial charge >= 0.3 is 0 Å². The SMILES string of the molecule is C=CC(=O)N1C[C@H](C)n2nc(-c3nc(-c4ccc5c(c4)CN[C@H](C(F)F)C5)c4ccsc4c3C=C(F)/C=C/F)cc2[C@H]1C. The summed E-state index contributed by atoms with van der Waals surface area (Å²) in [4.78, 5) is 19.3. The van der Waals surface area contributed by atoms with E-state index in [1.807, 2.05) is 54.2 Å². The first kappa shape index (κ1) is 29.0.